The molecule has 2 nitrogen and oxygen atoms in total. The third-order valence-electron chi connectivity index (χ3n) is 16.5. The van der Waals surface area contributed by atoms with Gasteiger partial charge < -0.3 is 5.53 Å². The molecule has 0 N–H and O–H groups in total. The molecule has 3 rings (SSSR count). The van der Waals surface area contributed by atoms with E-state index in [4.69, 9.17) is 0 Å². The van der Waals surface area contributed by atoms with E-state index in [-0.39, 0.29) is 0 Å². The monoisotopic (exact) mass is 1100 g/mol. The molecule has 0 atom stereocenters. The summed E-state index contributed by atoms with van der Waals surface area (Å²) in [6.45, 7) is 15.9. The van der Waals surface area contributed by atoms with Gasteiger partial charge in [-0.05, 0) is 104 Å². The molecule has 0 aliphatic carbocycles. The number of aryl methyl sites for hydroxylation is 4. The predicted octanol–water partition coefficient (Wildman–Crippen LogP) is 26.3. The summed E-state index contributed by atoms with van der Waals surface area (Å²) in [5.41, 5.74) is 22.9. The third-order valence-corrected chi connectivity index (χ3v) is 17.9. The molecule has 1 aliphatic rings. The Morgan fingerprint density at radius 3 is 0.818 bits per heavy atom. The number of hydrogen-bond acceptors (Lipinski definition) is 0. The molecule has 0 spiro atoms. The molecule has 446 valence electrons. The van der Waals surface area contributed by atoms with Crippen molar-refractivity contribution < 1.29 is 19.1 Å². The molecule has 1 aliphatic heterocycles. The van der Waals surface area contributed by atoms with Gasteiger partial charge in [-0.2, -0.15) is 0 Å². The van der Waals surface area contributed by atoms with E-state index in [9.17, 15) is 5.53 Å². The van der Waals surface area contributed by atoms with Gasteiger partial charge in [-0.1, -0.05) is 176 Å². The van der Waals surface area contributed by atoms with E-state index >= 15 is 0 Å². The van der Waals surface area contributed by atoms with Crippen molar-refractivity contribution in [1.82, 2.24) is 0 Å². The number of rotatable bonds is 53. The van der Waals surface area contributed by atoms with Crippen LogP contribution in [0.25, 0.3) is 16.9 Å². The van der Waals surface area contributed by atoms with Gasteiger partial charge in [0.25, 0.3) is 0 Å². The molecule has 0 radical (unpaired) electrons. The Labute approximate surface area is 488 Å². The summed E-state index contributed by atoms with van der Waals surface area (Å²) >= 11 is 2.04. The number of allylic oxidation sites excluding steroid dienone is 2. The fourth-order valence-corrected chi connectivity index (χ4v) is 12.8. The Kier molecular flexibility index (Phi) is 48.1. The smallest absolute Gasteiger partial charge is 0.493 e. The first kappa shape index (κ1) is 71.1. The van der Waals surface area contributed by atoms with E-state index in [0.717, 1.165) is 49.1 Å². The zero-order chi connectivity index (χ0) is 55.5. The average Bonchev–Trinajstić information content (AvgIpc) is 3.82. The van der Waals surface area contributed by atoms with Gasteiger partial charge in [-0.25, -0.2) is 4.70 Å². The van der Waals surface area contributed by atoms with Gasteiger partial charge >= 0.3 is 166 Å². The molecule has 0 unspecified atom stereocenters. The Morgan fingerprint density at radius 2 is 0.545 bits per heavy atom. The van der Waals surface area contributed by atoms with Crippen LogP contribution in [0.1, 0.15) is 371 Å². The minimum atomic E-state index is 0.903. The van der Waals surface area contributed by atoms with Gasteiger partial charge in [0.15, 0.2) is 0 Å². The molecule has 1 heterocycles. The summed E-state index contributed by atoms with van der Waals surface area (Å²) in [5, 5.41) is 2.87. The normalized spacial score (nSPS) is 12.6. The van der Waals surface area contributed by atoms with Crippen LogP contribution in [0.2, 0.25) is 10.8 Å². The minimum absolute atomic E-state index is 0.903. The quantitative estimate of drug-likeness (QED) is 0.0358. The fraction of sp³-hybridized carbons (Fsp3) is 0.784. The summed E-state index contributed by atoms with van der Waals surface area (Å²) in [7, 11) is 0. The minimum Gasteiger partial charge on any atom is -0.493 e. The summed E-state index contributed by atoms with van der Waals surface area (Å²) in [6, 6.07) is 14.2. The van der Waals surface area contributed by atoms with Crippen molar-refractivity contribution in [2.45, 2.75) is 374 Å². The van der Waals surface area contributed by atoms with Crippen molar-refractivity contribution in [1.29, 1.82) is 0 Å². The first-order valence-electron chi connectivity index (χ1n) is 34.6. The van der Waals surface area contributed by atoms with Crippen LogP contribution in [0.3, 0.4) is 0 Å². The van der Waals surface area contributed by atoms with Crippen LogP contribution >= 0.6 is 0 Å². The van der Waals surface area contributed by atoms with Gasteiger partial charge in [0, 0.05) is 22.8 Å². The van der Waals surface area contributed by atoms with Gasteiger partial charge in [0.1, 0.15) is 0 Å². The van der Waals surface area contributed by atoms with E-state index < -0.39 is 0 Å². The maximum atomic E-state index is 11.8. The van der Waals surface area contributed by atoms with Crippen molar-refractivity contribution >= 4 is 11.4 Å². The van der Waals surface area contributed by atoms with E-state index in [1.54, 1.807) is 0 Å². The average molecular weight is 1110 g/mol. The fourth-order valence-electron chi connectivity index (χ4n) is 11.5. The van der Waals surface area contributed by atoms with Crippen LogP contribution in [0.5, 0.6) is 0 Å². The number of benzene rings is 2. The van der Waals surface area contributed by atoms with Crippen LogP contribution in [0.15, 0.2) is 48.0 Å². The Morgan fingerprint density at radius 1 is 0.299 bits per heavy atom. The third kappa shape index (κ3) is 36.9. The summed E-state index contributed by atoms with van der Waals surface area (Å²) in [6.07, 6.45) is 69.8. The van der Waals surface area contributed by atoms with Crippen LogP contribution in [0.4, 0.5) is 0 Å². The topological polar surface area (TPSA) is 25.3 Å². The van der Waals surface area contributed by atoms with Crippen LogP contribution in [-0.2, 0) is 40.1 Å². The van der Waals surface area contributed by atoms with E-state index in [2.05, 4.69) is 90.9 Å². The molecular formula is C74H130N2Ni. The van der Waals surface area contributed by atoms with E-state index in [1.807, 2.05) is 14.4 Å². The van der Waals surface area contributed by atoms with Crippen molar-refractivity contribution in [3.05, 3.63) is 87.0 Å². The predicted molar refractivity (Wildman–Crippen MR) is 343 cm³/mol. The Hall–Kier alpha value is -1.99. The maximum absolute atomic E-state index is 11.8. The first-order valence-corrected chi connectivity index (χ1v) is 36.0. The van der Waals surface area contributed by atoms with Gasteiger partial charge in [0.2, 0.25) is 11.4 Å². The Bertz CT molecular complexity index is 1640. The van der Waals surface area contributed by atoms with Gasteiger partial charge in [-0.15, -0.1) is 0 Å². The second kappa shape index (κ2) is 52.1. The number of nitrogens with zero attached hydrogens (tertiary/aromatic N) is 2. The molecular weight excluding hydrogens is 976 g/mol. The van der Waals surface area contributed by atoms with Crippen molar-refractivity contribution in [2.75, 3.05) is 0 Å². The van der Waals surface area contributed by atoms with Crippen LogP contribution in [-0.4, -0.2) is 4.70 Å². The Balaban J connectivity index is 0.000000529. The zero-order valence-corrected chi connectivity index (χ0v) is 53.8. The summed E-state index contributed by atoms with van der Waals surface area (Å²) in [5.74, 6) is 0. The molecule has 3 heteroatoms. The number of unbranched alkanes of at least 4 members (excludes halogenated alkanes) is 38. The first-order chi connectivity index (χ1) is 38.0. The van der Waals surface area contributed by atoms with Crippen molar-refractivity contribution in [3.8, 4) is 0 Å². The SMILES string of the molecule is CCCCCCCCCCCCCCCCC[CH2][Ni][CH2]CCCCCCCCCCCCCCCCC.CCCCCc1cc(CCCCC)cc(C2=CC(CC)=C(c3cc(CCCCC)cc(CCCCC)c3)[N+]2=[N-])c1. The molecule has 2 aromatic carbocycles. The van der Waals surface area contributed by atoms with Gasteiger partial charge in [-0.3, -0.25) is 0 Å². The summed E-state index contributed by atoms with van der Waals surface area (Å²) in [4.78, 5) is 0. The second-order valence-corrected chi connectivity index (χ2v) is 25.5. The molecule has 2 aromatic rings. The molecule has 77 heavy (non-hydrogen) atoms. The molecule has 0 aromatic heterocycles. The summed E-state index contributed by atoms with van der Waals surface area (Å²) < 4.78 is 1.51. The second-order valence-electron chi connectivity index (χ2n) is 24.1. The molecule has 0 fully saturated rings. The van der Waals surface area contributed by atoms with Crippen LogP contribution < -0.4 is 0 Å². The number of hydrogen-bond donors (Lipinski definition) is 0. The molecule has 0 saturated carbocycles. The van der Waals surface area contributed by atoms with Gasteiger partial charge in [0.05, 0.1) is 0 Å². The van der Waals surface area contributed by atoms with Crippen molar-refractivity contribution in [3.63, 3.8) is 0 Å². The molecule has 0 saturated heterocycles. The standard InChI is InChI=1S/C38H56N2.2C18H37.Ni/c1-6-11-15-19-30-23-31(20-16-12-7-2)26-35(25-30)37-29-34(10-5)38(40(37)39)36-27-32(21-17-13-8-3)24-33(28-36)22-18-14-9-4;2*1-3-5-7-9-11-13-15-17-18-16-14-12-10-8-6-4-2;/h23-29H,6-22H2,1-5H3;2*1,3-18H2,2H3;. The van der Waals surface area contributed by atoms with E-state index in [0.29, 0.717) is 0 Å². The molecule has 0 bridgehead atoms. The van der Waals surface area contributed by atoms with Crippen molar-refractivity contribution in [2.24, 2.45) is 0 Å². The van der Waals surface area contributed by atoms with Crippen LogP contribution in [0, 0.1) is 0 Å². The molecule has 0 amide bonds. The zero-order valence-electron chi connectivity index (χ0n) is 52.8. The van der Waals surface area contributed by atoms with E-state index in [1.165, 1.54) is 331 Å².